The third kappa shape index (κ3) is 2.59. The summed E-state index contributed by atoms with van der Waals surface area (Å²) in [7, 11) is 2.01. The number of hydrogen-bond donors (Lipinski definition) is 1. The number of aliphatic hydroxyl groups is 1. The normalized spacial score (nSPS) is 25.0. The van der Waals surface area contributed by atoms with Gasteiger partial charge >= 0.3 is 0 Å². The van der Waals surface area contributed by atoms with Gasteiger partial charge in [-0.3, -0.25) is 4.90 Å². The predicted molar refractivity (Wildman–Crippen MR) is 62.9 cm³/mol. The number of likely N-dealkylation sites (N-methyl/N-ethyl adjacent to an activating group) is 1. The van der Waals surface area contributed by atoms with Gasteiger partial charge in [-0.1, -0.05) is 29.8 Å². The van der Waals surface area contributed by atoms with Crippen LogP contribution in [-0.4, -0.2) is 36.2 Å². The standard InChI is InChI=1S/C12H14ClNO/c1-14-7-10(12(15)8-14)6-9-2-4-11(13)5-3-9/h2-6,12,15H,7-8H2,1H3. The van der Waals surface area contributed by atoms with Crippen LogP contribution in [0.3, 0.4) is 0 Å². The molecule has 2 nitrogen and oxygen atoms in total. The van der Waals surface area contributed by atoms with Crippen LogP contribution < -0.4 is 0 Å². The average molecular weight is 224 g/mol. The van der Waals surface area contributed by atoms with Crippen LogP contribution in [-0.2, 0) is 0 Å². The Kier molecular flexibility index (Phi) is 3.10. The molecule has 1 N–H and O–H groups in total. The van der Waals surface area contributed by atoms with E-state index in [1.807, 2.05) is 37.4 Å². The highest BCUT2D eigenvalue weighted by Crippen LogP contribution is 2.19. The molecule has 0 saturated carbocycles. The second-order valence-corrected chi connectivity index (χ2v) is 4.42. The van der Waals surface area contributed by atoms with Crippen molar-refractivity contribution in [2.24, 2.45) is 0 Å². The van der Waals surface area contributed by atoms with Crippen LogP contribution in [0.1, 0.15) is 5.56 Å². The molecular formula is C12H14ClNO. The van der Waals surface area contributed by atoms with E-state index in [0.717, 1.165) is 29.2 Å². The Morgan fingerprint density at radius 3 is 2.60 bits per heavy atom. The van der Waals surface area contributed by atoms with Crippen LogP contribution in [0.25, 0.3) is 6.08 Å². The smallest absolute Gasteiger partial charge is 0.0892 e. The molecule has 1 aromatic carbocycles. The van der Waals surface area contributed by atoms with Gasteiger partial charge in [-0.2, -0.15) is 0 Å². The summed E-state index contributed by atoms with van der Waals surface area (Å²) in [5.74, 6) is 0. The Balaban J connectivity index is 2.19. The molecule has 1 saturated heterocycles. The molecule has 0 aromatic heterocycles. The highest BCUT2D eigenvalue weighted by molar-refractivity contribution is 6.30. The largest absolute Gasteiger partial charge is 0.387 e. The molecule has 3 heteroatoms. The molecule has 80 valence electrons. The van der Waals surface area contributed by atoms with Crippen molar-refractivity contribution in [1.82, 2.24) is 4.90 Å². The molecule has 1 heterocycles. The van der Waals surface area contributed by atoms with Crippen molar-refractivity contribution in [1.29, 1.82) is 0 Å². The Hall–Kier alpha value is -0.830. The van der Waals surface area contributed by atoms with E-state index in [-0.39, 0.29) is 6.10 Å². The summed E-state index contributed by atoms with van der Waals surface area (Å²) < 4.78 is 0. The molecule has 1 aliphatic heterocycles. The summed E-state index contributed by atoms with van der Waals surface area (Å²) in [4.78, 5) is 2.10. The molecule has 1 aliphatic rings. The lowest BCUT2D eigenvalue weighted by molar-refractivity contribution is 0.206. The molecule has 0 spiro atoms. The third-order valence-corrected chi connectivity index (χ3v) is 2.84. The van der Waals surface area contributed by atoms with E-state index < -0.39 is 0 Å². The van der Waals surface area contributed by atoms with Crippen molar-refractivity contribution in [3.8, 4) is 0 Å². The lowest BCUT2D eigenvalue weighted by Crippen LogP contribution is -2.15. The first-order valence-corrected chi connectivity index (χ1v) is 5.35. The number of rotatable bonds is 1. The Morgan fingerprint density at radius 2 is 2.07 bits per heavy atom. The minimum Gasteiger partial charge on any atom is -0.387 e. The van der Waals surface area contributed by atoms with Gasteiger partial charge in [0.05, 0.1) is 6.10 Å². The number of β-amino-alcohol motifs (C(OH)–C–C–N with tert-alkyl or cyclic N) is 1. The molecule has 0 amide bonds. The van der Waals surface area contributed by atoms with Gasteiger partial charge in [0, 0.05) is 18.1 Å². The SMILES string of the molecule is CN1CC(=Cc2ccc(Cl)cc2)C(O)C1. The molecule has 1 unspecified atom stereocenters. The van der Waals surface area contributed by atoms with Crippen LogP contribution in [0.2, 0.25) is 5.02 Å². The van der Waals surface area contributed by atoms with E-state index >= 15 is 0 Å². The lowest BCUT2D eigenvalue weighted by atomic mass is 10.1. The Labute approximate surface area is 94.8 Å². The first-order valence-electron chi connectivity index (χ1n) is 4.98. The summed E-state index contributed by atoms with van der Waals surface area (Å²) in [5, 5.41) is 10.5. The van der Waals surface area contributed by atoms with Crippen molar-refractivity contribution >= 4 is 17.7 Å². The maximum atomic E-state index is 9.74. The van der Waals surface area contributed by atoms with Crippen molar-refractivity contribution in [3.63, 3.8) is 0 Å². The minimum atomic E-state index is -0.328. The molecule has 1 atom stereocenters. The lowest BCUT2D eigenvalue weighted by Gasteiger charge is -2.02. The zero-order valence-electron chi connectivity index (χ0n) is 8.65. The molecular weight excluding hydrogens is 210 g/mol. The molecule has 1 aromatic rings. The zero-order chi connectivity index (χ0) is 10.8. The highest BCUT2D eigenvalue weighted by atomic mass is 35.5. The zero-order valence-corrected chi connectivity index (χ0v) is 9.41. The van der Waals surface area contributed by atoms with E-state index in [1.165, 1.54) is 0 Å². The number of hydrogen-bond acceptors (Lipinski definition) is 2. The fourth-order valence-corrected chi connectivity index (χ4v) is 1.93. The molecule has 0 aliphatic carbocycles. The Bertz CT molecular complexity index is 372. The van der Waals surface area contributed by atoms with Crippen LogP contribution in [0.4, 0.5) is 0 Å². The highest BCUT2D eigenvalue weighted by Gasteiger charge is 2.22. The van der Waals surface area contributed by atoms with E-state index in [1.54, 1.807) is 0 Å². The summed E-state index contributed by atoms with van der Waals surface area (Å²) >= 11 is 5.80. The van der Waals surface area contributed by atoms with Gasteiger partial charge in [-0.05, 0) is 30.3 Å². The van der Waals surface area contributed by atoms with Gasteiger partial charge in [-0.25, -0.2) is 0 Å². The summed E-state index contributed by atoms with van der Waals surface area (Å²) in [6.45, 7) is 1.56. The van der Waals surface area contributed by atoms with Crippen molar-refractivity contribution < 1.29 is 5.11 Å². The van der Waals surface area contributed by atoms with E-state index in [9.17, 15) is 5.11 Å². The van der Waals surface area contributed by atoms with Gasteiger partial charge in [-0.15, -0.1) is 0 Å². The monoisotopic (exact) mass is 223 g/mol. The first-order chi connectivity index (χ1) is 7.15. The maximum absolute atomic E-state index is 9.74. The minimum absolute atomic E-state index is 0.328. The van der Waals surface area contributed by atoms with E-state index in [2.05, 4.69) is 4.90 Å². The third-order valence-electron chi connectivity index (χ3n) is 2.59. The van der Waals surface area contributed by atoms with Crippen molar-refractivity contribution in [2.45, 2.75) is 6.10 Å². The van der Waals surface area contributed by atoms with Gasteiger partial charge in [0.25, 0.3) is 0 Å². The van der Waals surface area contributed by atoms with Crippen LogP contribution in [0, 0.1) is 0 Å². The number of halogens is 1. The summed E-state index contributed by atoms with van der Waals surface area (Å²) in [5.41, 5.74) is 2.16. The molecule has 2 rings (SSSR count). The summed E-state index contributed by atoms with van der Waals surface area (Å²) in [6.07, 6.45) is 1.70. The molecule has 0 bridgehead atoms. The topological polar surface area (TPSA) is 23.5 Å². The predicted octanol–water partition coefficient (Wildman–Crippen LogP) is 2.03. The number of aliphatic hydroxyl groups excluding tert-OH is 1. The number of benzene rings is 1. The van der Waals surface area contributed by atoms with Gasteiger partial charge < -0.3 is 5.11 Å². The van der Waals surface area contributed by atoms with Gasteiger partial charge in [0.2, 0.25) is 0 Å². The molecule has 0 radical (unpaired) electrons. The fraction of sp³-hybridized carbons (Fsp3) is 0.333. The molecule has 1 fully saturated rings. The maximum Gasteiger partial charge on any atom is 0.0892 e. The first kappa shape index (κ1) is 10.7. The summed E-state index contributed by atoms with van der Waals surface area (Å²) in [6, 6.07) is 7.64. The fourth-order valence-electron chi connectivity index (χ4n) is 1.81. The quantitative estimate of drug-likeness (QED) is 0.788. The van der Waals surface area contributed by atoms with Crippen LogP contribution >= 0.6 is 11.6 Å². The van der Waals surface area contributed by atoms with E-state index in [0.29, 0.717) is 0 Å². The van der Waals surface area contributed by atoms with Crippen molar-refractivity contribution in [3.05, 3.63) is 40.4 Å². The van der Waals surface area contributed by atoms with E-state index in [4.69, 9.17) is 11.6 Å². The second-order valence-electron chi connectivity index (χ2n) is 3.98. The van der Waals surface area contributed by atoms with Crippen LogP contribution in [0.5, 0.6) is 0 Å². The number of nitrogens with zero attached hydrogens (tertiary/aromatic N) is 1. The van der Waals surface area contributed by atoms with Gasteiger partial charge in [0.15, 0.2) is 0 Å². The Morgan fingerprint density at radius 1 is 1.40 bits per heavy atom. The average Bonchev–Trinajstić information content (AvgIpc) is 2.49. The second kappa shape index (κ2) is 4.35. The molecule has 15 heavy (non-hydrogen) atoms. The van der Waals surface area contributed by atoms with Gasteiger partial charge in [0.1, 0.15) is 0 Å². The number of likely N-dealkylation sites (tertiary alicyclic amines) is 1. The van der Waals surface area contributed by atoms with Crippen molar-refractivity contribution in [2.75, 3.05) is 20.1 Å². The van der Waals surface area contributed by atoms with Crippen LogP contribution in [0.15, 0.2) is 29.8 Å².